The van der Waals surface area contributed by atoms with Crippen molar-refractivity contribution >= 4 is 11.6 Å². The molecule has 0 aromatic heterocycles. The van der Waals surface area contributed by atoms with E-state index in [9.17, 15) is 4.79 Å². The first-order chi connectivity index (χ1) is 11.1. The van der Waals surface area contributed by atoms with E-state index in [0.29, 0.717) is 25.6 Å². The maximum absolute atomic E-state index is 12.2. The number of hydrogen-bond donors (Lipinski definition) is 1. The van der Waals surface area contributed by atoms with Crippen LogP contribution in [0.1, 0.15) is 20.3 Å². The van der Waals surface area contributed by atoms with Crippen LogP contribution in [0.25, 0.3) is 0 Å². The molecule has 0 fully saturated rings. The quantitative estimate of drug-likeness (QED) is 0.633. The van der Waals surface area contributed by atoms with E-state index in [1.807, 2.05) is 24.3 Å². The third-order valence-electron chi connectivity index (χ3n) is 3.29. The van der Waals surface area contributed by atoms with Crippen molar-refractivity contribution in [3.8, 4) is 5.75 Å². The van der Waals surface area contributed by atoms with Crippen molar-refractivity contribution in [2.24, 2.45) is 5.92 Å². The Morgan fingerprint density at radius 3 is 2.61 bits per heavy atom. The summed E-state index contributed by atoms with van der Waals surface area (Å²) in [4.78, 5) is 13.9. The minimum atomic E-state index is 0.0101. The van der Waals surface area contributed by atoms with Gasteiger partial charge in [0.05, 0.1) is 13.2 Å². The van der Waals surface area contributed by atoms with Crippen LogP contribution in [0.4, 0.5) is 5.69 Å². The molecule has 0 radical (unpaired) electrons. The maximum Gasteiger partial charge on any atom is 0.242 e. The fraction of sp³-hybridized carbons (Fsp3) is 0.421. The first kappa shape index (κ1) is 18.8. The number of carbonyl (C=O) groups excluding carboxylic acids is 1. The SMILES string of the molecule is C=CCN(CC=C)C(=O)CNc1cccc(OCCC(C)C)c1. The molecule has 1 N–H and O–H groups in total. The Morgan fingerprint density at radius 1 is 1.30 bits per heavy atom. The monoisotopic (exact) mass is 316 g/mol. The third kappa shape index (κ3) is 7.54. The average Bonchev–Trinajstić information content (AvgIpc) is 2.52. The van der Waals surface area contributed by atoms with Gasteiger partial charge in [0.1, 0.15) is 5.75 Å². The van der Waals surface area contributed by atoms with Crippen molar-refractivity contribution in [1.29, 1.82) is 0 Å². The van der Waals surface area contributed by atoms with Gasteiger partial charge in [-0.05, 0) is 24.5 Å². The normalized spacial score (nSPS) is 10.2. The zero-order chi connectivity index (χ0) is 17.1. The molecule has 0 bridgehead atoms. The van der Waals surface area contributed by atoms with Crippen LogP contribution >= 0.6 is 0 Å². The summed E-state index contributed by atoms with van der Waals surface area (Å²) < 4.78 is 5.73. The zero-order valence-corrected chi connectivity index (χ0v) is 14.3. The van der Waals surface area contributed by atoms with Gasteiger partial charge in [0.25, 0.3) is 0 Å². The second-order valence-electron chi connectivity index (χ2n) is 5.79. The average molecular weight is 316 g/mol. The zero-order valence-electron chi connectivity index (χ0n) is 14.3. The van der Waals surface area contributed by atoms with Gasteiger partial charge in [0.15, 0.2) is 0 Å². The predicted molar refractivity (Wildman–Crippen MR) is 96.9 cm³/mol. The summed E-state index contributed by atoms with van der Waals surface area (Å²) in [7, 11) is 0. The number of nitrogens with one attached hydrogen (secondary N) is 1. The van der Waals surface area contributed by atoms with E-state index < -0.39 is 0 Å². The van der Waals surface area contributed by atoms with Gasteiger partial charge in [0, 0.05) is 24.8 Å². The van der Waals surface area contributed by atoms with Crippen LogP contribution in [0.2, 0.25) is 0 Å². The summed E-state index contributed by atoms with van der Waals surface area (Å²) in [5, 5.41) is 3.14. The Bertz CT molecular complexity index is 502. The number of rotatable bonds is 11. The van der Waals surface area contributed by atoms with Gasteiger partial charge in [-0.3, -0.25) is 4.79 Å². The lowest BCUT2D eigenvalue weighted by Crippen LogP contribution is -2.35. The highest BCUT2D eigenvalue weighted by Gasteiger charge is 2.10. The standard InChI is InChI=1S/C19H28N2O2/c1-5-11-21(12-6-2)19(22)15-20-17-8-7-9-18(14-17)23-13-10-16(3)4/h5-9,14,16,20H,1-2,10-13,15H2,3-4H3. The minimum absolute atomic E-state index is 0.0101. The summed E-state index contributed by atoms with van der Waals surface area (Å²) >= 11 is 0. The maximum atomic E-state index is 12.2. The Balaban J connectivity index is 2.51. The van der Waals surface area contributed by atoms with Crippen molar-refractivity contribution in [1.82, 2.24) is 4.90 Å². The van der Waals surface area contributed by atoms with Crippen molar-refractivity contribution < 1.29 is 9.53 Å². The Kier molecular flexibility index (Phi) is 8.58. The van der Waals surface area contributed by atoms with Gasteiger partial charge in [-0.2, -0.15) is 0 Å². The summed E-state index contributed by atoms with van der Waals surface area (Å²) in [5.74, 6) is 1.45. The number of nitrogens with zero attached hydrogens (tertiary/aromatic N) is 1. The molecule has 1 amide bonds. The molecule has 0 atom stereocenters. The van der Waals surface area contributed by atoms with Crippen LogP contribution in [0.15, 0.2) is 49.6 Å². The van der Waals surface area contributed by atoms with Crippen LogP contribution in [0.3, 0.4) is 0 Å². The minimum Gasteiger partial charge on any atom is -0.494 e. The third-order valence-corrected chi connectivity index (χ3v) is 3.29. The molecule has 4 nitrogen and oxygen atoms in total. The lowest BCUT2D eigenvalue weighted by Gasteiger charge is -2.20. The topological polar surface area (TPSA) is 41.6 Å². The fourth-order valence-electron chi connectivity index (χ4n) is 1.99. The molecule has 1 aromatic rings. The van der Waals surface area contributed by atoms with Crippen LogP contribution in [0.5, 0.6) is 5.75 Å². The molecule has 1 aromatic carbocycles. The second kappa shape index (κ2) is 10.5. The van der Waals surface area contributed by atoms with Crippen molar-refractivity contribution in [3.63, 3.8) is 0 Å². The second-order valence-corrected chi connectivity index (χ2v) is 5.79. The lowest BCUT2D eigenvalue weighted by molar-refractivity contribution is -0.128. The van der Waals surface area contributed by atoms with E-state index >= 15 is 0 Å². The lowest BCUT2D eigenvalue weighted by atomic mass is 10.1. The molecule has 0 spiro atoms. The number of anilines is 1. The van der Waals surface area contributed by atoms with Crippen molar-refractivity contribution in [3.05, 3.63) is 49.6 Å². The van der Waals surface area contributed by atoms with Gasteiger partial charge in [-0.25, -0.2) is 0 Å². The van der Waals surface area contributed by atoms with E-state index in [4.69, 9.17) is 4.74 Å². The van der Waals surface area contributed by atoms with Crippen LogP contribution in [-0.2, 0) is 4.79 Å². The fourth-order valence-corrected chi connectivity index (χ4v) is 1.99. The van der Waals surface area contributed by atoms with Gasteiger partial charge >= 0.3 is 0 Å². The van der Waals surface area contributed by atoms with E-state index in [1.165, 1.54) is 0 Å². The molecule has 23 heavy (non-hydrogen) atoms. The number of hydrogen-bond acceptors (Lipinski definition) is 3. The summed E-state index contributed by atoms with van der Waals surface area (Å²) in [6.45, 7) is 13.7. The van der Waals surface area contributed by atoms with Crippen molar-refractivity contribution in [2.75, 3.05) is 31.6 Å². The molecular formula is C19H28N2O2. The van der Waals surface area contributed by atoms with E-state index in [-0.39, 0.29) is 12.5 Å². The Morgan fingerprint density at radius 2 is 2.00 bits per heavy atom. The smallest absolute Gasteiger partial charge is 0.242 e. The molecule has 0 aliphatic carbocycles. The van der Waals surface area contributed by atoms with Gasteiger partial charge in [-0.15, -0.1) is 13.2 Å². The predicted octanol–water partition coefficient (Wildman–Crippen LogP) is 3.72. The molecule has 0 saturated carbocycles. The molecule has 0 aliphatic heterocycles. The summed E-state index contributed by atoms with van der Waals surface area (Å²) in [5.41, 5.74) is 0.873. The van der Waals surface area contributed by atoms with E-state index in [0.717, 1.165) is 17.9 Å². The molecule has 1 rings (SSSR count). The first-order valence-corrected chi connectivity index (χ1v) is 8.03. The Hall–Kier alpha value is -2.23. The van der Waals surface area contributed by atoms with Crippen LogP contribution in [-0.4, -0.2) is 37.0 Å². The molecule has 126 valence electrons. The number of carbonyl (C=O) groups is 1. The largest absolute Gasteiger partial charge is 0.494 e. The first-order valence-electron chi connectivity index (χ1n) is 8.03. The van der Waals surface area contributed by atoms with E-state index in [1.54, 1.807) is 17.1 Å². The molecule has 0 saturated heterocycles. The highest BCUT2D eigenvalue weighted by atomic mass is 16.5. The van der Waals surface area contributed by atoms with Crippen molar-refractivity contribution in [2.45, 2.75) is 20.3 Å². The molecular weight excluding hydrogens is 288 g/mol. The van der Waals surface area contributed by atoms with Gasteiger partial charge < -0.3 is 15.0 Å². The number of benzene rings is 1. The molecule has 0 heterocycles. The molecule has 0 unspecified atom stereocenters. The molecule has 4 heteroatoms. The number of ether oxygens (including phenoxy) is 1. The van der Waals surface area contributed by atoms with Crippen LogP contribution in [0, 0.1) is 5.92 Å². The summed E-state index contributed by atoms with van der Waals surface area (Å²) in [6.07, 6.45) is 4.45. The summed E-state index contributed by atoms with van der Waals surface area (Å²) in [6, 6.07) is 7.69. The Labute approximate surface area is 139 Å². The van der Waals surface area contributed by atoms with E-state index in [2.05, 4.69) is 32.3 Å². The van der Waals surface area contributed by atoms with Gasteiger partial charge in [-0.1, -0.05) is 32.1 Å². The molecule has 0 aliphatic rings. The number of amides is 1. The highest BCUT2D eigenvalue weighted by molar-refractivity contribution is 5.81. The van der Waals surface area contributed by atoms with Gasteiger partial charge in [0.2, 0.25) is 5.91 Å². The highest BCUT2D eigenvalue weighted by Crippen LogP contribution is 2.18. The van der Waals surface area contributed by atoms with Crippen LogP contribution < -0.4 is 10.1 Å².